The van der Waals surface area contributed by atoms with Gasteiger partial charge in [-0.1, -0.05) is 30.3 Å². The van der Waals surface area contributed by atoms with E-state index in [-0.39, 0.29) is 0 Å². The van der Waals surface area contributed by atoms with Crippen LogP contribution in [0.1, 0.15) is 42.4 Å². The topological polar surface area (TPSA) is 29.9 Å². The number of imidazole rings is 1. The van der Waals surface area contributed by atoms with Crippen LogP contribution >= 0.6 is 0 Å². The van der Waals surface area contributed by atoms with E-state index in [1.807, 2.05) is 0 Å². The summed E-state index contributed by atoms with van der Waals surface area (Å²) >= 11 is 0. The second-order valence-corrected chi connectivity index (χ2v) is 6.58. The van der Waals surface area contributed by atoms with Crippen molar-refractivity contribution in [2.75, 3.05) is 0 Å². The Morgan fingerprint density at radius 1 is 1.19 bits per heavy atom. The van der Waals surface area contributed by atoms with E-state index in [2.05, 4.69) is 58.3 Å². The largest absolute Gasteiger partial charge is 0.333 e. The molecule has 0 saturated heterocycles. The van der Waals surface area contributed by atoms with Gasteiger partial charge in [0, 0.05) is 31.2 Å². The van der Waals surface area contributed by atoms with Crippen molar-refractivity contribution in [3.63, 3.8) is 0 Å². The van der Waals surface area contributed by atoms with E-state index < -0.39 is 0 Å². The van der Waals surface area contributed by atoms with Crippen molar-refractivity contribution in [2.24, 2.45) is 5.92 Å². The summed E-state index contributed by atoms with van der Waals surface area (Å²) in [5, 5.41) is 3.94. The highest BCUT2D eigenvalue weighted by molar-refractivity contribution is 5.21. The van der Waals surface area contributed by atoms with Gasteiger partial charge in [0.1, 0.15) is 5.82 Å². The van der Waals surface area contributed by atoms with Crippen LogP contribution < -0.4 is 5.32 Å². The fourth-order valence-electron chi connectivity index (χ4n) is 3.57. The first-order valence-electron chi connectivity index (χ1n) is 8.13. The summed E-state index contributed by atoms with van der Waals surface area (Å²) in [5.41, 5.74) is 2.60. The van der Waals surface area contributed by atoms with Crippen LogP contribution in [0.4, 0.5) is 0 Å². The Morgan fingerprint density at radius 3 is 2.76 bits per heavy atom. The zero-order valence-electron chi connectivity index (χ0n) is 12.6. The van der Waals surface area contributed by atoms with Gasteiger partial charge in [0.15, 0.2) is 0 Å². The van der Waals surface area contributed by atoms with Crippen molar-refractivity contribution in [2.45, 2.75) is 51.2 Å². The maximum absolute atomic E-state index is 4.61. The Morgan fingerprint density at radius 2 is 2.00 bits per heavy atom. The highest BCUT2D eigenvalue weighted by atomic mass is 15.1. The average Bonchev–Trinajstić information content (AvgIpc) is 3.27. The van der Waals surface area contributed by atoms with Crippen LogP contribution in [-0.4, -0.2) is 15.6 Å². The lowest BCUT2D eigenvalue weighted by Crippen LogP contribution is -2.40. The van der Waals surface area contributed by atoms with Crippen molar-refractivity contribution in [1.82, 2.24) is 14.9 Å². The van der Waals surface area contributed by atoms with Gasteiger partial charge in [0.05, 0.1) is 5.69 Å². The van der Waals surface area contributed by atoms with Crippen LogP contribution in [0.2, 0.25) is 0 Å². The SMILES string of the molecule is Cc1cn2c(n1)CC[C@H](N[C@H](c1ccccc1)C1CC1)C2. The molecule has 1 aromatic heterocycles. The predicted molar refractivity (Wildman–Crippen MR) is 84.1 cm³/mol. The molecule has 0 spiro atoms. The van der Waals surface area contributed by atoms with Gasteiger partial charge in [-0.05, 0) is 37.7 Å². The van der Waals surface area contributed by atoms with E-state index in [4.69, 9.17) is 0 Å². The highest BCUT2D eigenvalue weighted by Crippen LogP contribution is 2.41. The normalized spacial score (nSPS) is 22.8. The van der Waals surface area contributed by atoms with Gasteiger partial charge in [-0.15, -0.1) is 0 Å². The Hall–Kier alpha value is -1.61. The fourth-order valence-corrected chi connectivity index (χ4v) is 3.57. The third-order valence-corrected chi connectivity index (χ3v) is 4.78. The highest BCUT2D eigenvalue weighted by Gasteiger charge is 2.34. The maximum Gasteiger partial charge on any atom is 0.109 e. The van der Waals surface area contributed by atoms with Crippen molar-refractivity contribution in [3.05, 3.63) is 53.6 Å². The number of rotatable bonds is 4. The van der Waals surface area contributed by atoms with Crippen molar-refractivity contribution in [1.29, 1.82) is 0 Å². The molecule has 1 fully saturated rings. The molecule has 3 nitrogen and oxygen atoms in total. The van der Waals surface area contributed by atoms with Gasteiger partial charge in [0.25, 0.3) is 0 Å². The number of nitrogens with one attached hydrogen (secondary N) is 1. The van der Waals surface area contributed by atoms with E-state index >= 15 is 0 Å². The summed E-state index contributed by atoms with van der Waals surface area (Å²) in [6, 6.07) is 12.1. The van der Waals surface area contributed by atoms with E-state index in [9.17, 15) is 0 Å². The Labute approximate surface area is 126 Å². The zero-order chi connectivity index (χ0) is 14.2. The van der Waals surface area contributed by atoms with E-state index in [1.54, 1.807) is 0 Å². The van der Waals surface area contributed by atoms with Crippen LogP contribution in [0.3, 0.4) is 0 Å². The van der Waals surface area contributed by atoms with Crippen LogP contribution in [-0.2, 0) is 13.0 Å². The lowest BCUT2D eigenvalue weighted by Gasteiger charge is -2.30. The Balaban J connectivity index is 1.49. The second-order valence-electron chi connectivity index (χ2n) is 6.58. The predicted octanol–water partition coefficient (Wildman–Crippen LogP) is 3.25. The Bertz CT molecular complexity index is 613. The minimum Gasteiger partial charge on any atom is -0.333 e. The molecular formula is C18H23N3. The second kappa shape index (κ2) is 5.30. The summed E-state index contributed by atoms with van der Waals surface area (Å²) in [6.07, 6.45) is 7.23. The molecule has 1 saturated carbocycles. The van der Waals surface area contributed by atoms with Gasteiger partial charge in [-0.2, -0.15) is 0 Å². The van der Waals surface area contributed by atoms with E-state index in [0.717, 1.165) is 24.6 Å². The van der Waals surface area contributed by atoms with Crippen LogP contribution in [0.25, 0.3) is 0 Å². The molecule has 0 amide bonds. The van der Waals surface area contributed by atoms with Crippen molar-refractivity contribution < 1.29 is 0 Å². The lowest BCUT2D eigenvalue weighted by atomic mass is 9.99. The molecule has 2 heterocycles. The monoisotopic (exact) mass is 281 g/mol. The average molecular weight is 281 g/mol. The molecule has 0 radical (unpaired) electrons. The molecule has 110 valence electrons. The fraction of sp³-hybridized carbons (Fsp3) is 0.500. The molecule has 21 heavy (non-hydrogen) atoms. The first-order chi connectivity index (χ1) is 10.3. The minimum atomic E-state index is 0.530. The first kappa shape index (κ1) is 13.1. The van der Waals surface area contributed by atoms with E-state index in [0.29, 0.717) is 12.1 Å². The standard InChI is InChI=1S/C18H23N3/c1-13-11-21-12-16(9-10-17(21)19-13)20-18(15-7-8-15)14-5-3-2-4-6-14/h2-6,11,15-16,18,20H,7-10,12H2,1H3/t16-,18+/m0/s1. The molecule has 4 rings (SSSR count). The van der Waals surface area contributed by atoms with Crippen molar-refractivity contribution in [3.8, 4) is 0 Å². The number of hydrogen-bond donors (Lipinski definition) is 1. The molecule has 2 atom stereocenters. The number of aromatic nitrogens is 2. The van der Waals surface area contributed by atoms with Crippen LogP contribution in [0.15, 0.2) is 36.5 Å². The lowest BCUT2D eigenvalue weighted by molar-refractivity contribution is 0.326. The van der Waals surface area contributed by atoms with Gasteiger partial charge >= 0.3 is 0 Å². The first-order valence-corrected chi connectivity index (χ1v) is 8.13. The Kier molecular flexibility index (Phi) is 3.30. The number of fused-ring (bicyclic) bond motifs is 1. The quantitative estimate of drug-likeness (QED) is 0.932. The molecule has 2 aliphatic rings. The smallest absolute Gasteiger partial charge is 0.109 e. The molecular weight excluding hydrogens is 258 g/mol. The van der Waals surface area contributed by atoms with Crippen LogP contribution in [0.5, 0.6) is 0 Å². The molecule has 0 bridgehead atoms. The summed E-state index contributed by atoms with van der Waals surface area (Å²) in [5.74, 6) is 2.09. The zero-order valence-corrected chi connectivity index (χ0v) is 12.6. The molecule has 3 heteroatoms. The molecule has 0 unspecified atom stereocenters. The number of benzene rings is 1. The summed E-state index contributed by atoms with van der Waals surface area (Å²) in [4.78, 5) is 4.61. The van der Waals surface area contributed by atoms with Crippen LogP contribution in [0, 0.1) is 12.8 Å². The summed E-state index contributed by atoms with van der Waals surface area (Å²) < 4.78 is 2.34. The van der Waals surface area contributed by atoms with Crippen molar-refractivity contribution >= 4 is 0 Å². The number of nitrogens with zero attached hydrogens (tertiary/aromatic N) is 2. The molecule has 1 aromatic carbocycles. The molecule has 2 aromatic rings. The van der Waals surface area contributed by atoms with Gasteiger partial charge < -0.3 is 9.88 Å². The summed E-state index contributed by atoms with van der Waals surface area (Å²) in [6.45, 7) is 3.15. The third kappa shape index (κ3) is 2.75. The van der Waals surface area contributed by atoms with Gasteiger partial charge in [-0.25, -0.2) is 4.98 Å². The molecule has 1 N–H and O–H groups in total. The number of aryl methyl sites for hydroxylation is 2. The maximum atomic E-state index is 4.61. The third-order valence-electron chi connectivity index (χ3n) is 4.78. The van der Waals surface area contributed by atoms with Gasteiger partial charge in [-0.3, -0.25) is 0 Å². The number of hydrogen-bond acceptors (Lipinski definition) is 2. The summed E-state index contributed by atoms with van der Waals surface area (Å²) in [7, 11) is 0. The van der Waals surface area contributed by atoms with Gasteiger partial charge in [0.2, 0.25) is 0 Å². The molecule has 1 aliphatic carbocycles. The molecule has 1 aliphatic heterocycles. The van der Waals surface area contributed by atoms with E-state index in [1.165, 1.54) is 30.7 Å². The minimum absolute atomic E-state index is 0.530.